The van der Waals surface area contributed by atoms with Crippen LogP contribution in [-0.4, -0.2) is 18.6 Å². The summed E-state index contributed by atoms with van der Waals surface area (Å²) in [6.07, 6.45) is 1.53. The van der Waals surface area contributed by atoms with E-state index in [1.807, 2.05) is 0 Å². The molecular weight excluding hydrogens is 318 g/mol. The first-order valence-corrected chi connectivity index (χ1v) is 8.37. The highest BCUT2D eigenvalue weighted by atomic mass is 32.2. The van der Waals surface area contributed by atoms with Crippen molar-refractivity contribution >= 4 is 10.0 Å². The molecule has 0 radical (unpaired) electrons. The monoisotopic (exact) mass is 333 g/mol. The third kappa shape index (κ3) is 3.49. The molecule has 0 amide bonds. The van der Waals surface area contributed by atoms with Gasteiger partial charge in [0.25, 0.3) is 0 Å². The zero-order valence-corrected chi connectivity index (χ0v) is 13.4. The standard InChI is InChI=1S/C15H15N3O4S/c1-10-7-13(18-22-10)8-16-23(19,20)14-5-3-12(4-6-14)15-9-21-11(2)17-15/h3-7,9,16H,8H2,1-2H3. The number of nitrogens with zero attached hydrogens (tertiary/aromatic N) is 2. The van der Waals surface area contributed by atoms with Crippen LogP contribution in [0.15, 0.2) is 50.4 Å². The lowest BCUT2D eigenvalue weighted by atomic mass is 10.2. The van der Waals surface area contributed by atoms with Crippen molar-refractivity contribution in [1.82, 2.24) is 14.9 Å². The van der Waals surface area contributed by atoms with Gasteiger partial charge in [-0.2, -0.15) is 0 Å². The molecule has 0 bridgehead atoms. The largest absolute Gasteiger partial charge is 0.449 e. The molecule has 2 heterocycles. The van der Waals surface area contributed by atoms with Gasteiger partial charge in [0.2, 0.25) is 10.0 Å². The summed E-state index contributed by atoms with van der Waals surface area (Å²) in [7, 11) is -3.62. The van der Waals surface area contributed by atoms with E-state index in [9.17, 15) is 8.42 Å². The Bertz CT molecular complexity index is 910. The third-order valence-corrected chi connectivity index (χ3v) is 4.62. The summed E-state index contributed by atoms with van der Waals surface area (Å²) in [6.45, 7) is 3.57. The number of hydrogen-bond donors (Lipinski definition) is 1. The Morgan fingerprint density at radius 2 is 1.91 bits per heavy atom. The lowest BCUT2D eigenvalue weighted by Gasteiger charge is -2.05. The Labute approximate surface area is 133 Å². The summed E-state index contributed by atoms with van der Waals surface area (Å²) in [4.78, 5) is 4.37. The van der Waals surface area contributed by atoms with E-state index in [0.717, 1.165) is 5.56 Å². The number of aryl methyl sites for hydroxylation is 2. The molecule has 0 aliphatic heterocycles. The molecule has 3 rings (SSSR count). The van der Waals surface area contributed by atoms with Crippen molar-refractivity contribution in [2.24, 2.45) is 0 Å². The molecule has 2 aromatic heterocycles. The van der Waals surface area contributed by atoms with Gasteiger partial charge in [0.1, 0.15) is 17.7 Å². The molecule has 120 valence electrons. The number of benzene rings is 1. The highest BCUT2D eigenvalue weighted by Gasteiger charge is 2.15. The Morgan fingerprint density at radius 1 is 1.17 bits per heavy atom. The number of rotatable bonds is 5. The van der Waals surface area contributed by atoms with Crippen LogP contribution in [0.4, 0.5) is 0 Å². The van der Waals surface area contributed by atoms with E-state index in [1.165, 1.54) is 18.4 Å². The van der Waals surface area contributed by atoms with Crippen molar-refractivity contribution in [1.29, 1.82) is 0 Å². The van der Waals surface area contributed by atoms with Gasteiger partial charge in [0.15, 0.2) is 5.89 Å². The lowest BCUT2D eigenvalue weighted by Crippen LogP contribution is -2.23. The molecule has 23 heavy (non-hydrogen) atoms. The van der Waals surface area contributed by atoms with Gasteiger partial charge in [-0.3, -0.25) is 0 Å². The highest BCUT2D eigenvalue weighted by molar-refractivity contribution is 7.89. The van der Waals surface area contributed by atoms with Gasteiger partial charge in [-0.05, 0) is 19.1 Å². The minimum absolute atomic E-state index is 0.0733. The second-order valence-electron chi connectivity index (χ2n) is 5.03. The van der Waals surface area contributed by atoms with Crippen LogP contribution < -0.4 is 4.72 Å². The summed E-state index contributed by atoms with van der Waals surface area (Å²) in [5.74, 6) is 1.19. The molecule has 0 aliphatic rings. The topological polar surface area (TPSA) is 98.2 Å². The van der Waals surface area contributed by atoms with Crippen LogP contribution in [0.3, 0.4) is 0 Å². The molecule has 0 saturated carbocycles. The van der Waals surface area contributed by atoms with Crippen LogP contribution in [0.25, 0.3) is 11.3 Å². The Balaban J connectivity index is 1.75. The van der Waals surface area contributed by atoms with Gasteiger partial charge in [-0.25, -0.2) is 18.1 Å². The van der Waals surface area contributed by atoms with Crippen molar-refractivity contribution in [3.63, 3.8) is 0 Å². The zero-order chi connectivity index (χ0) is 16.4. The van der Waals surface area contributed by atoms with E-state index in [4.69, 9.17) is 8.94 Å². The maximum absolute atomic E-state index is 12.3. The average Bonchev–Trinajstić information content (AvgIpc) is 3.14. The van der Waals surface area contributed by atoms with E-state index in [0.29, 0.717) is 23.0 Å². The summed E-state index contributed by atoms with van der Waals surface area (Å²) in [5.41, 5.74) is 1.98. The molecule has 1 aromatic carbocycles. The Morgan fingerprint density at radius 3 is 2.48 bits per heavy atom. The predicted octanol–water partition coefficient (Wildman–Crippen LogP) is 2.42. The molecule has 8 heteroatoms. The second-order valence-corrected chi connectivity index (χ2v) is 6.80. The van der Waals surface area contributed by atoms with Crippen molar-refractivity contribution in [3.8, 4) is 11.3 Å². The lowest BCUT2D eigenvalue weighted by molar-refractivity contribution is 0.390. The fourth-order valence-corrected chi connectivity index (χ4v) is 3.05. The van der Waals surface area contributed by atoms with Crippen LogP contribution in [0, 0.1) is 13.8 Å². The fourth-order valence-electron chi connectivity index (χ4n) is 2.05. The first-order chi connectivity index (χ1) is 10.9. The van der Waals surface area contributed by atoms with Crippen molar-refractivity contribution in [2.45, 2.75) is 25.3 Å². The quantitative estimate of drug-likeness (QED) is 0.770. The summed E-state index contributed by atoms with van der Waals surface area (Å²) >= 11 is 0. The molecular formula is C15H15N3O4S. The molecule has 3 aromatic rings. The van der Waals surface area contributed by atoms with Gasteiger partial charge < -0.3 is 8.94 Å². The fraction of sp³-hybridized carbons (Fsp3) is 0.200. The SMILES string of the molecule is Cc1cc(CNS(=O)(=O)c2ccc(-c3coc(C)n3)cc2)no1. The minimum atomic E-state index is -3.62. The highest BCUT2D eigenvalue weighted by Crippen LogP contribution is 2.20. The smallest absolute Gasteiger partial charge is 0.240 e. The van der Waals surface area contributed by atoms with Gasteiger partial charge in [-0.15, -0.1) is 0 Å². The van der Waals surface area contributed by atoms with Gasteiger partial charge in [-0.1, -0.05) is 17.3 Å². The average molecular weight is 333 g/mol. The molecule has 7 nitrogen and oxygen atoms in total. The van der Waals surface area contributed by atoms with E-state index >= 15 is 0 Å². The van der Waals surface area contributed by atoms with Crippen LogP contribution in [0.1, 0.15) is 17.3 Å². The zero-order valence-electron chi connectivity index (χ0n) is 12.6. The Hall–Kier alpha value is -2.45. The van der Waals surface area contributed by atoms with Crippen molar-refractivity contribution in [2.75, 3.05) is 0 Å². The summed E-state index contributed by atoms with van der Waals surface area (Å²) < 4.78 is 37.1. The number of aromatic nitrogens is 2. The van der Waals surface area contributed by atoms with E-state index < -0.39 is 10.0 Å². The normalized spacial score (nSPS) is 11.7. The summed E-state index contributed by atoms with van der Waals surface area (Å²) in [5, 5.41) is 3.75. The van der Waals surface area contributed by atoms with Crippen LogP contribution in [-0.2, 0) is 16.6 Å². The molecule has 0 spiro atoms. The second kappa shape index (κ2) is 5.98. The van der Waals surface area contributed by atoms with Crippen LogP contribution >= 0.6 is 0 Å². The van der Waals surface area contributed by atoms with E-state index in [2.05, 4.69) is 14.9 Å². The van der Waals surface area contributed by atoms with Crippen LogP contribution in [0.5, 0.6) is 0 Å². The number of sulfonamides is 1. The number of nitrogens with one attached hydrogen (secondary N) is 1. The number of oxazole rings is 1. The van der Waals surface area contributed by atoms with Crippen molar-refractivity contribution in [3.05, 3.63) is 53.9 Å². The molecule has 0 fully saturated rings. The third-order valence-electron chi connectivity index (χ3n) is 3.20. The van der Waals surface area contributed by atoms with Crippen LogP contribution in [0.2, 0.25) is 0 Å². The Kier molecular flexibility index (Phi) is 4.01. The molecule has 1 N–H and O–H groups in total. The molecule has 0 saturated heterocycles. The number of hydrogen-bond acceptors (Lipinski definition) is 6. The molecule has 0 atom stereocenters. The van der Waals surface area contributed by atoms with Gasteiger partial charge in [0, 0.05) is 18.6 Å². The summed E-state index contributed by atoms with van der Waals surface area (Å²) in [6, 6.07) is 8.10. The molecule has 0 aliphatic carbocycles. The molecule has 0 unspecified atom stereocenters. The first-order valence-electron chi connectivity index (χ1n) is 6.88. The first kappa shape index (κ1) is 15.4. The van der Waals surface area contributed by atoms with Crippen molar-refractivity contribution < 1.29 is 17.4 Å². The maximum atomic E-state index is 12.3. The minimum Gasteiger partial charge on any atom is -0.449 e. The van der Waals surface area contributed by atoms with Gasteiger partial charge in [0.05, 0.1) is 17.1 Å². The van der Waals surface area contributed by atoms with E-state index in [1.54, 1.807) is 32.0 Å². The maximum Gasteiger partial charge on any atom is 0.240 e. The van der Waals surface area contributed by atoms with E-state index in [-0.39, 0.29) is 11.4 Å². The van der Waals surface area contributed by atoms with Gasteiger partial charge >= 0.3 is 0 Å². The predicted molar refractivity (Wildman–Crippen MR) is 81.9 cm³/mol.